The molecule has 0 aliphatic heterocycles. The van der Waals surface area contributed by atoms with Gasteiger partial charge in [0.25, 0.3) is 0 Å². The van der Waals surface area contributed by atoms with Crippen LogP contribution in [0.5, 0.6) is 17.2 Å². The van der Waals surface area contributed by atoms with Gasteiger partial charge >= 0.3 is 12.3 Å². The van der Waals surface area contributed by atoms with Gasteiger partial charge in [0.1, 0.15) is 17.2 Å². The van der Waals surface area contributed by atoms with Crippen LogP contribution in [0, 0.1) is 0 Å². The van der Waals surface area contributed by atoms with Crippen molar-refractivity contribution < 1.29 is 32.2 Å². The summed E-state index contributed by atoms with van der Waals surface area (Å²) in [4.78, 5) is 11.3. The van der Waals surface area contributed by atoms with E-state index in [1.165, 1.54) is 36.4 Å². The lowest BCUT2D eigenvalue weighted by Gasteiger charge is -2.10. The van der Waals surface area contributed by atoms with Crippen molar-refractivity contribution in [3.8, 4) is 17.2 Å². The monoisotopic (exact) mass is 340 g/mol. The lowest BCUT2D eigenvalue weighted by molar-refractivity contribution is -0.137. The summed E-state index contributed by atoms with van der Waals surface area (Å²) >= 11 is 0. The molecule has 0 aromatic heterocycles. The van der Waals surface area contributed by atoms with Crippen LogP contribution >= 0.6 is 0 Å². The maximum absolute atomic E-state index is 12.5. The second-order valence-electron chi connectivity index (χ2n) is 5.11. The van der Waals surface area contributed by atoms with Gasteiger partial charge in [-0.2, -0.15) is 13.2 Å². The summed E-state index contributed by atoms with van der Waals surface area (Å²) < 4.78 is 52.7. The third-order valence-corrected chi connectivity index (χ3v) is 2.77. The van der Waals surface area contributed by atoms with Crippen LogP contribution in [0.3, 0.4) is 0 Å². The maximum atomic E-state index is 12.5. The first-order valence-corrected chi connectivity index (χ1v) is 7.07. The topological polar surface area (TPSA) is 44.8 Å². The molecule has 128 valence electrons. The highest BCUT2D eigenvalue weighted by molar-refractivity contribution is 5.64. The lowest BCUT2D eigenvalue weighted by Crippen LogP contribution is -2.15. The van der Waals surface area contributed by atoms with Crippen LogP contribution in [0.1, 0.15) is 19.4 Å². The van der Waals surface area contributed by atoms with Crippen LogP contribution in [-0.2, 0) is 10.9 Å². The fraction of sp³-hybridized carbons (Fsp3) is 0.235. The standard InChI is InChI=1S/C17H15F3O4/c1-11(2)22-16(21)24-15-9-7-14(8-10-15)23-13-5-3-12(4-6-13)17(18,19)20/h3-11H,1-2H3. The van der Waals surface area contributed by atoms with Crippen LogP contribution in [0.25, 0.3) is 0 Å². The van der Waals surface area contributed by atoms with Crippen molar-refractivity contribution >= 4 is 6.16 Å². The number of rotatable bonds is 4. The number of ether oxygens (including phenoxy) is 3. The zero-order valence-electron chi connectivity index (χ0n) is 13.0. The van der Waals surface area contributed by atoms with Gasteiger partial charge in [-0.05, 0) is 62.4 Å². The van der Waals surface area contributed by atoms with E-state index in [9.17, 15) is 18.0 Å². The van der Waals surface area contributed by atoms with E-state index in [1.54, 1.807) is 13.8 Å². The quantitative estimate of drug-likeness (QED) is 0.550. The van der Waals surface area contributed by atoms with Gasteiger partial charge in [0, 0.05) is 0 Å². The fourth-order valence-electron chi connectivity index (χ4n) is 1.74. The molecule has 4 nitrogen and oxygen atoms in total. The summed E-state index contributed by atoms with van der Waals surface area (Å²) in [5.74, 6) is 0.913. The summed E-state index contributed by atoms with van der Waals surface area (Å²) in [7, 11) is 0. The molecule has 0 heterocycles. The van der Waals surface area contributed by atoms with Crippen LogP contribution in [-0.4, -0.2) is 12.3 Å². The van der Waals surface area contributed by atoms with Crippen molar-refractivity contribution in [2.45, 2.75) is 26.1 Å². The minimum Gasteiger partial charge on any atom is -0.457 e. The van der Waals surface area contributed by atoms with E-state index in [0.29, 0.717) is 5.75 Å². The number of alkyl halides is 3. The van der Waals surface area contributed by atoms with E-state index < -0.39 is 17.9 Å². The Morgan fingerprint density at radius 3 is 1.79 bits per heavy atom. The van der Waals surface area contributed by atoms with Crippen LogP contribution in [0.2, 0.25) is 0 Å². The van der Waals surface area contributed by atoms with Gasteiger partial charge in [-0.1, -0.05) is 0 Å². The van der Waals surface area contributed by atoms with Gasteiger partial charge in [0.15, 0.2) is 0 Å². The molecule has 0 amide bonds. The molecule has 2 aromatic carbocycles. The highest BCUT2D eigenvalue weighted by atomic mass is 19.4. The van der Waals surface area contributed by atoms with Crippen molar-refractivity contribution in [1.29, 1.82) is 0 Å². The van der Waals surface area contributed by atoms with Gasteiger partial charge in [0.05, 0.1) is 11.7 Å². The SMILES string of the molecule is CC(C)OC(=O)Oc1ccc(Oc2ccc(C(F)(F)F)cc2)cc1. The van der Waals surface area contributed by atoms with Gasteiger partial charge in [-0.25, -0.2) is 4.79 Å². The zero-order valence-corrected chi connectivity index (χ0v) is 13.0. The van der Waals surface area contributed by atoms with E-state index in [4.69, 9.17) is 14.2 Å². The minimum atomic E-state index is -4.39. The molecule has 2 aromatic rings. The number of carbonyl (C=O) groups excluding carboxylic acids is 1. The Bertz CT molecular complexity index is 676. The summed E-state index contributed by atoms with van der Waals surface area (Å²) in [6.45, 7) is 3.39. The third-order valence-electron chi connectivity index (χ3n) is 2.77. The normalized spacial score (nSPS) is 11.2. The number of carbonyl (C=O) groups is 1. The summed E-state index contributed by atoms with van der Waals surface area (Å²) in [5.41, 5.74) is -0.748. The molecule has 0 aliphatic rings. The first kappa shape index (κ1) is 17.7. The van der Waals surface area contributed by atoms with Crippen LogP contribution in [0.4, 0.5) is 18.0 Å². The van der Waals surface area contributed by atoms with Crippen molar-refractivity contribution in [1.82, 2.24) is 0 Å². The number of benzene rings is 2. The maximum Gasteiger partial charge on any atom is 0.514 e. The highest BCUT2D eigenvalue weighted by Gasteiger charge is 2.30. The largest absolute Gasteiger partial charge is 0.514 e. The average Bonchev–Trinajstić information content (AvgIpc) is 2.48. The predicted octanol–water partition coefficient (Wildman–Crippen LogP) is 5.42. The van der Waals surface area contributed by atoms with E-state index in [0.717, 1.165) is 12.1 Å². The van der Waals surface area contributed by atoms with Crippen molar-refractivity contribution in [3.05, 3.63) is 54.1 Å². The molecule has 0 aliphatic carbocycles. The molecule has 7 heteroatoms. The van der Waals surface area contributed by atoms with E-state index in [1.807, 2.05) is 0 Å². The smallest absolute Gasteiger partial charge is 0.457 e. The molecule has 0 N–H and O–H groups in total. The molecule has 0 fully saturated rings. The molecule has 0 radical (unpaired) electrons. The van der Waals surface area contributed by atoms with Gasteiger partial charge in [-0.3, -0.25) is 0 Å². The Balaban J connectivity index is 1.97. The Morgan fingerprint density at radius 1 is 0.875 bits per heavy atom. The van der Waals surface area contributed by atoms with Crippen molar-refractivity contribution in [2.24, 2.45) is 0 Å². The first-order valence-electron chi connectivity index (χ1n) is 7.07. The summed E-state index contributed by atoms with van der Waals surface area (Å²) in [6, 6.07) is 10.4. The lowest BCUT2D eigenvalue weighted by atomic mass is 10.2. The van der Waals surface area contributed by atoms with Crippen molar-refractivity contribution in [3.63, 3.8) is 0 Å². The Hall–Kier alpha value is -2.70. The van der Waals surface area contributed by atoms with Gasteiger partial charge < -0.3 is 14.2 Å². The van der Waals surface area contributed by atoms with Crippen LogP contribution < -0.4 is 9.47 Å². The summed E-state index contributed by atoms with van der Waals surface area (Å²) in [5, 5.41) is 0. The van der Waals surface area contributed by atoms with Crippen molar-refractivity contribution in [2.75, 3.05) is 0 Å². The second kappa shape index (κ2) is 7.25. The number of hydrogen-bond acceptors (Lipinski definition) is 4. The zero-order chi connectivity index (χ0) is 17.7. The number of halogens is 3. The predicted molar refractivity (Wildman–Crippen MR) is 80.2 cm³/mol. The van der Waals surface area contributed by atoms with E-state index in [2.05, 4.69) is 0 Å². The van der Waals surface area contributed by atoms with Gasteiger partial charge in [0.2, 0.25) is 0 Å². The third kappa shape index (κ3) is 5.19. The molecule has 0 atom stereocenters. The van der Waals surface area contributed by atoms with E-state index in [-0.39, 0.29) is 17.6 Å². The molecule has 2 rings (SSSR count). The van der Waals surface area contributed by atoms with Crippen LogP contribution in [0.15, 0.2) is 48.5 Å². The molecular weight excluding hydrogens is 325 g/mol. The van der Waals surface area contributed by atoms with E-state index >= 15 is 0 Å². The molecular formula is C17H15F3O4. The molecule has 0 saturated heterocycles. The fourth-order valence-corrected chi connectivity index (χ4v) is 1.74. The second-order valence-corrected chi connectivity index (χ2v) is 5.11. The number of hydrogen-bond donors (Lipinski definition) is 0. The summed E-state index contributed by atoms with van der Waals surface area (Å²) in [6.07, 6.45) is -5.50. The molecule has 0 spiro atoms. The minimum absolute atomic E-state index is 0.260. The van der Waals surface area contributed by atoms with Gasteiger partial charge in [-0.15, -0.1) is 0 Å². The first-order chi connectivity index (χ1) is 11.2. The highest BCUT2D eigenvalue weighted by Crippen LogP contribution is 2.31. The Labute approximate surface area is 136 Å². The molecule has 24 heavy (non-hydrogen) atoms. The molecule has 0 bridgehead atoms. The Morgan fingerprint density at radius 2 is 1.33 bits per heavy atom. The Kier molecular flexibility index (Phi) is 5.33. The molecule has 0 unspecified atom stereocenters. The average molecular weight is 340 g/mol. The molecule has 0 saturated carbocycles.